The zero-order chi connectivity index (χ0) is 11.4. The average Bonchev–Trinajstić information content (AvgIpc) is 2.30. The van der Waals surface area contributed by atoms with Crippen molar-refractivity contribution < 1.29 is 9.53 Å². The highest BCUT2D eigenvalue weighted by molar-refractivity contribution is 5.93. The Hall–Kier alpha value is -1.62. The minimum Gasteiger partial charge on any atom is -0.399 e. The molecule has 1 aromatic rings. The van der Waals surface area contributed by atoms with Gasteiger partial charge in [0.05, 0.1) is 12.6 Å². The van der Waals surface area contributed by atoms with Crippen LogP contribution in [0, 0.1) is 0 Å². The van der Waals surface area contributed by atoms with Crippen molar-refractivity contribution in [2.45, 2.75) is 18.9 Å². The predicted molar refractivity (Wildman–Crippen MR) is 60.0 cm³/mol. The number of aromatic nitrogens is 1. The van der Waals surface area contributed by atoms with Crippen molar-refractivity contribution in [3.63, 3.8) is 0 Å². The van der Waals surface area contributed by atoms with Crippen molar-refractivity contribution in [2.24, 2.45) is 0 Å². The minimum atomic E-state index is -0.192. The monoisotopic (exact) mass is 221 g/mol. The summed E-state index contributed by atoms with van der Waals surface area (Å²) in [4.78, 5) is 15.8. The maximum Gasteiger partial charge on any atom is 0.270 e. The topological polar surface area (TPSA) is 77.2 Å². The highest BCUT2D eigenvalue weighted by Gasteiger charge is 2.17. The smallest absolute Gasteiger partial charge is 0.270 e. The van der Waals surface area contributed by atoms with Crippen LogP contribution in [0.3, 0.4) is 0 Å². The largest absolute Gasteiger partial charge is 0.399 e. The summed E-state index contributed by atoms with van der Waals surface area (Å²) in [5, 5.41) is 2.88. The molecular formula is C11H15N3O2. The van der Waals surface area contributed by atoms with E-state index in [4.69, 9.17) is 10.5 Å². The third-order valence-corrected chi connectivity index (χ3v) is 2.51. The second-order valence-electron chi connectivity index (χ2n) is 3.86. The van der Waals surface area contributed by atoms with Gasteiger partial charge in [0.1, 0.15) is 5.69 Å². The number of anilines is 1. The van der Waals surface area contributed by atoms with Crippen molar-refractivity contribution >= 4 is 11.6 Å². The molecule has 0 aromatic carbocycles. The Balaban J connectivity index is 1.97. The highest BCUT2D eigenvalue weighted by atomic mass is 16.5. The van der Waals surface area contributed by atoms with Crippen LogP contribution >= 0.6 is 0 Å². The number of nitrogen functional groups attached to an aromatic ring is 1. The van der Waals surface area contributed by atoms with E-state index in [9.17, 15) is 4.79 Å². The van der Waals surface area contributed by atoms with Gasteiger partial charge in [-0.15, -0.1) is 0 Å². The Morgan fingerprint density at radius 1 is 1.62 bits per heavy atom. The Labute approximate surface area is 94.0 Å². The van der Waals surface area contributed by atoms with Crippen molar-refractivity contribution in [1.29, 1.82) is 0 Å². The van der Waals surface area contributed by atoms with Gasteiger partial charge in [-0.3, -0.25) is 9.78 Å². The number of hydrogen-bond acceptors (Lipinski definition) is 4. The number of ether oxygens (including phenoxy) is 1. The number of hydrogen-bond donors (Lipinski definition) is 2. The van der Waals surface area contributed by atoms with Gasteiger partial charge in [0, 0.05) is 18.5 Å². The first-order valence-electron chi connectivity index (χ1n) is 5.36. The fourth-order valence-electron chi connectivity index (χ4n) is 1.68. The Kier molecular flexibility index (Phi) is 3.36. The molecule has 0 radical (unpaired) electrons. The molecule has 1 unspecified atom stereocenters. The van der Waals surface area contributed by atoms with Crippen LogP contribution in [0.25, 0.3) is 0 Å². The lowest BCUT2D eigenvalue weighted by Crippen LogP contribution is -2.40. The third-order valence-electron chi connectivity index (χ3n) is 2.51. The molecule has 1 aliphatic heterocycles. The summed E-state index contributed by atoms with van der Waals surface area (Å²) in [5.41, 5.74) is 6.48. The molecule has 0 bridgehead atoms. The van der Waals surface area contributed by atoms with E-state index in [-0.39, 0.29) is 11.9 Å². The SMILES string of the molecule is Nc1ccnc(C(=O)NC2CCCOC2)c1. The van der Waals surface area contributed by atoms with E-state index < -0.39 is 0 Å². The van der Waals surface area contributed by atoms with E-state index in [2.05, 4.69) is 10.3 Å². The number of nitrogens with zero attached hydrogens (tertiary/aromatic N) is 1. The first-order chi connectivity index (χ1) is 7.75. The molecular weight excluding hydrogens is 206 g/mol. The molecule has 1 saturated heterocycles. The van der Waals surface area contributed by atoms with E-state index in [0.29, 0.717) is 18.0 Å². The van der Waals surface area contributed by atoms with E-state index in [1.54, 1.807) is 12.1 Å². The number of amides is 1. The predicted octanol–water partition coefficient (Wildman–Crippen LogP) is 0.573. The molecule has 86 valence electrons. The first-order valence-corrected chi connectivity index (χ1v) is 5.36. The van der Waals surface area contributed by atoms with Gasteiger partial charge >= 0.3 is 0 Å². The molecule has 1 aliphatic rings. The maximum absolute atomic E-state index is 11.8. The molecule has 3 N–H and O–H groups in total. The van der Waals surface area contributed by atoms with E-state index in [0.717, 1.165) is 19.4 Å². The van der Waals surface area contributed by atoms with Crippen LogP contribution in [0.4, 0.5) is 5.69 Å². The van der Waals surface area contributed by atoms with Crippen LogP contribution in [0.1, 0.15) is 23.3 Å². The molecule has 2 heterocycles. The van der Waals surface area contributed by atoms with Crippen molar-refractivity contribution in [1.82, 2.24) is 10.3 Å². The van der Waals surface area contributed by atoms with Gasteiger partial charge in [0.2, 0.25) is 0 Å². The number of rotatable bonds is 2. The molecule has 0 saturated carbocycles. The lowest BCUT2D eigenvalue weighted by Gasteiger charge is -2.22. The van der Waals surface area contributed by atoms with Crippen molar-refractivity contribution in [3.05, 3.63) is 24.0 Å². The molecule has 1 aromatic heterocycles. The maximum atomic E-state index is 11.8. The minimum absolute atomic E-state index is 0.0875. The summed E-state index contributed by atoms with van der Waals surface area (Å²) < 4.78 is 5.28. The number of pyridine rings is 1. The van der Waals surface area contributed by atoms with Crippen molar-refractivity contribution in [3.8, 4) is 0 Å². The lowest BCUT2D eigenvalue weighted by atomic mass is 10.1. The molecule has 16 heavy (non-hydrogen) atoms. The number of carbonyl (C=O) groups is 1. The zero-order valence-electron chi connectivity index (χ0n) is 8.98. The second-order valence-corrected chi connectivity index (χ2v) is 3.86. The second kappa shape index (κ2) is 4.94. The Bertz CT molecular complexity index is 375. The van der Waals surface area contributed by atoms with E-state index in [1.807, 2.05) is 0 Å². The van der Waals surface area contributed by atoms with Gasteiger partial charge in [0.15, 0.2) is 0 Å². The number of carbonyl (C=O) groups excluding carboxylic acids is 1. The van der Waals surface area contributed by atoms with Gasteiger partial charge in [-0.2, -0.15) is 0 Å². The first kappa shape index (κ1) is 10.9. The van der Waals surface area contributed by atoms with Crippen LogP contribution in [-0.4, -0.2) is 30.1 Å². The molecule has 2 rings (SSSR count). The van der Waals surface area contributed by atoms with Crippen LogP contribution in [0.2, 0.25) is 0 Å². The third kappa shape index (κ3) is 2.70. The fraction of sp³-hybridized carbons (Fsp3) is 0.455. The molecule has 1 amide bonds. The van der Waals surface area contributed by atoms with Crippen molar-refractivity contribution in [2.75, 3.05) is 18.9 Å². The van der Waals surface area contributed by atoms with Gasteiger partial charge in [-0.1, -0.05) is 0 Å². The number of nitrogens with one attached hydrogen (secondary N) is 1. The summed E-state index contributed by atoms with van der Waals surface area (Å²) in [6.07, 6.45) is 3.46. The Morgan fingerprint density at radius 2 is 2.50 bits per heavy atom. The standard InChI is InChI=1S/C11H15N3O2/c12-8-3-4-13-10(6-8)11(15)14-9-2-1-5-16-7-9/h3-4,6,9H,1-2,5,7H2,(H2,12,13)(H,14,15). The highest BCUT2D eigenvalue weighted by Crippen LogP contribution is 2.08. The zero-order valence-corrected chi connectivity index (χ0v) is 8.98. The molecule has 0 aliphatic carbocycles. The van der Waals surface area contributed by atoms with Crippen LogP contribution in [-0.2, 0) is 4.74 Å². The quantitative estimate of drug-likeness (QED) is 0.765. The Morgan fingerprint density at radius 3 is 3.19 bits per heavy atom. The van der Waals surface area contributed by atoms with Gasteiger partial charge in [-0.05, 0) is 25.0 Å². The fourth-order valence-corrected chi connectivity index (χ4v) is 1.68. The van der Waals surface area contributed by atoms with E-state index >= 15 is 0 Å². The average molecular weight is 221 g/mol. The van der Waals surface area contributed by atoms with Gasteiger partial charge in [0.25, 0.3) is 5.91 Å². The van der Waals surface area contributed by atoms with Crippen LogP contribution < -0.4 is 11.1 Å². The molecule has 0 spiro atoms. The summed E-state index contributed by atoms with van der Waals surface area (Å²) in [6.45, 7) is 1.36. The molecule has 5 nitrogen and oxygen atoms in total. The molecule has 1 fully saturated rings. The normalized spacial score (nSPS) is 20.4. The van der Waals surface area contributed by atoms with Gasteiger partial charge in [-0.25, -0.2) is 0 Å². The summed E-state index contributed by atoms with van der Waals surface area (Å²) in [6, 6.07) is 3.31. The van der Waals surface area contributed by atoms with Crippen LogP contribution in [0.5, 0.6) is 0 Å². The molecule has 1 atom stereocenters. The summed E-state index contributed by atoms with van der Waals surface area (Å²) in [7, 11) is 0. The lowest BCUT2D eigenvalue weighted by molar-refractivity contribution is 0.0622. The number of nitrogens with two attached hydrogens (primary N) is 1. The van der Waals surface area contributed by atoms with Gasteiger partial charge < -0.3 is 15.8 Å². The summed E-state index contributed by atoms with van der Waals surface area (Å²) in [5.74, 6) is -0.192. The summed E-state index contributed by atoms with van der Waals surface area (Å²) >= 11 is 0. The van der Waals surface area contributed by atoms with E-state index in [1.165, 1.54) is 6.20 Å². The van der Waals surface area contributed by atoms with Crippen LogP contribution in [0.15, 0.2) is 18.3 Å². The molecule has 5 heteroatoms.